The molecule has 136 heavy (non-hydrogen) atoms. The summed E-state index contributed by atoms with van der Waals surface area (Å²) in [7, 11) is 0. The summed E-state index contributed by atoms with van der Waals surface area (Å²) in [6.45, 7) is 21.7. The molecule has 2 N–H and O–H groups in total. The topological polar surface area (TPSA) is 118 Å². The second kappa shape index (κ2) is 96.2. The molecular weight excluding hydrogens is 1670 g/mol. The van der Waals surface area contributed by atoms with Crippen LogP contribution in [-0.2, 0) is 6.42 Å². The Morgan fingerprint density at radius 1 is 0.191 bits per heavy atom. The van der Waals surface area contributed by atoms with E-state index >= 15 is 0 Å². The van der Waals surface area contributed by atoms with E-state index in [0.717, 1.165) is 99.6 Å². The number of nitrogens with zero attached hydrogens (tertiary/aromatic N) is 3. The van der Waals surface area contributed by atoms with Gasteiger partial charge in [-0.05, 0) is 57.4 Å². The predicted octanol–water partition coefficient (Wildman–Crippen LogP) is 42.9. The molecule has 1 heterocycles. The normalized spacial score (nSPS) is 11.6. The Balaban J connectivity index is 1.70. The number of anilines is 4. The van der Waals surface area contributed by atoms with Gasteiger partial charge in [-0.1, -0.05) is 605 Å². The largest absolute Gasteiger partial charge is 0.489 e. The first-order valence-corrected chi connectivity index (χ1v) is 60.8. The average Bonchev–Trinajstić information content (AvgIpc) is 0.798. The SMILES string of the molecule is [CH2]Cc1ccc(-c2nc(Nc3cc(OCCCCCCCCCCCCCCCCC)c(OCCCCCCCCCCCCCCCCC)c(OCCCCCCCCCCCCCCCCC)c3)nc(Nc3cc(OCCCCCCCCCCCCCCCCC)c(OCCCCCCCCCCCCCCCCC)c(OCCCCCCCCCCCCCCCCC)c3)n2)cc1. The number of benzene rings is 3. The van der Waals surface area contributed by atoms with Gasteiger partial charge >= 0.3 is 0 Å². The molecule has 11 heteroatoms. The van der Waals surface area contributed by atoms with Crippen LogP contribution in [0.1, 0.15) is 625 Å². The fourth-order valence-corrected chi connectivity index (χ4v) is 19.6. The van der Waals surface area contributed by atoms with Crippen molar-refractivity contribution >= 4 is 23.3 Å². The molecule has 0 aliphatic rings. The molecule has 785 valence electrons. The summed E-state index contributed by atoms with van der Waals surface area (Å²) < 4.78 is 42.1. The van der Waals surface area contributed by atoms with E-state index in [-0.39, 0.29) is 0 Å². The van der Waals surface area contributed by atoms with E-state index in [4.69, 9.17) is 43.4 Å². The van der Waals surface area contributed by atoms with E-state index in [9.17, 15) is 0 Å². The van der Waals surface area contributed by atoms with Crippen LogP contribution in [0.25, 0.3) is 11.4 Å². The maximum atomic E-state index is 7.03. The second-order valence-corrected chi connectivity index (χ2v) is 41.9. The Hall–Kier alpha value is -4.93. The molecule has 1 radical (unpaired) electrons. The third kappa shape index (κ3) is 72.3. The molecule has 4 rings (SSSR count). The lowest BCUT2D eigenvalue weighted by atomic mass is 10.0. The van der Waals surface area contributed by atoms with E-state index in [2.05, 4.69) is 108 Å². The van der Waals surface area contributed by atoms with Crippen molar-refractivity contribution in [1.82, 2.24) is 15.0 Å². The fraction of sp³-hybridized carbons (Fsp3) is 0.824. The molecular formula is C125H224N5O6. The summed E-state index contributed by atoms with van der Waals surface area (Å²) in [5, 5.41) is 7.50. The van der Waals surface area contributed by atoms with E-state index in [1.807, 2.05) is 0 Å². The third-order valence-corrected chi connectivity index (χ3v) is 28.7. The first-order valence-electron chi connectivity index (χ1n) is 60.8. The van der Waals surface area contributed by atoms with Gasteiger partial charge in [-0.3, -0.25) is 0 Å². The van der Waals surface area contributed by atoms with Gasteiger partial charge in [0.15, 0.2) is 28.8 Å². The summed E-state index contributed by atoms with van der Waals surface area (Å²) in [5.41, 5.74) is 3.58. The summed E-state index contributed by atoms with van der Waals surface area (Å²) in [4.78, 5) is 15.9. The zero-order valence-electron chi connectivity index (χ0n) is 91.2. The smallest absolute Gasteiger partial charge is 0.232 e. The number of hydrogen-bond donors (Lipinski definition) is 2. The third-order valence-electron chi connectivity index (χ3n) is 28.7. The van der Waals surface area contributed by atoms with Gasteiger partial charge < -0.3 is 39.1 Å². The lowest BCUT2D eigenvalue weighted by Crippen LogP contribution is -2.09. The quantitative estimate of drug-likeness (QED) is 0.0412. The number of aromatic nitrogens is 3. The molecule has 0 aliphatic carbocycles. The monoisotopic (exact) mass is 1890 g/mol. The lowest BCUT2D eigenvalue weighted by molar-refractivity contribution is 0.234. The van der Waals surface area contributed by atoms with Crippen LogP contribution >= 0.6 is 0 Å². The number of ether oxygens (including phenoxy) is 6. The fourth-order valence-electron chi connectivity index (χ4n) is 19.6. The van der Waals surface area contributed by atoms with Crippen LogP contribution in [0.4, 0.5) is 23.3 Å². The van der Waals surface area contributed by atoms with Crippen molar-refractivity contribution in [2.45, 2.75) is 626 Å². The highest BCUT2D eigenvalue weighted by Crippen LogP contribution is 2.45. The van der Waals surface area contributed by atoms with Crippen LogP contribution in [-0.4, -0.2) is 54.6 Å². The van der Waals surface area contributed by atoms with Gasteiger partial charge in [-0.25, -0.2) is 0 Å². The van der Waals surface area contributed by atoms with Gasteiger partial charge in [0.1, 0.15) is 0 Å². The van der Waals surface area contributed by atoms with Gasteiger partial charge in [0.2, 0.25) is 23.4 Å². The Labute approximate surface area is 844 Å². The van der Waals surface area contributed by atoms with Gasteiger partial charge in [-0.15, -0.1) is 0 Å². The summed E-state index contributed by atoms with van der Waals surface area (Å²) in [5.74, 6) is 5.58. The molecule has 4 aromatic rings. The molecule has 0 spiro atoms. The molecule has 0 bridgehead atoms. The van der Waals surface area contributed by atoms with Crippen molar-refractivity contribution in [2.75, 3.05) is 50.3 Å². The molecule has 0 amide bonds. The Morgan fingerprint density at radius 3 is 0.507 bits per heavy atom. The first kappa shape index (κ1) is 123. The highest BCUT2D eigenvalue weighted by molar-refractivity contribution is 5.70. The molecule has 11 nitrogen and oxygen atoms in total. The van der Waals surface area contributed by atoms with Crippen molar-refractivity contribution in [2.24, 2.45) is 0 Å². The van der Waals surface area contributed by atoms with Crippen LogP contribution in [0.3, 0.4) is 0 Å². The van der Waals surface area contributed by atoms with Crippen LogP contribution in [0, 0.1) is 6.92 Å². The van der Waals surface area contributed by atoms with E-state index in [0.29, 0.717) is 98.3 Å². The van der Waals surface area contributed by atoms with Gasteiger partial charge in [0.25, 0.3) is 0 Å². The minimum absolute atomic E-state index is 0.402. The Bertz CT molecular complexity index is 2870. The van der Waals surface area contributed by atoms with Crippen molar-refractivity contribution in [3.05, 3.63) is 61.0 Å². The van der Waals surface area contributed by atoms with Crippen molar-refractivity contribution in [1.29, 1.82) is 0 Å². The predicted molar refractivity (Wildman–Crippen MR) is 596 cm³/mol. The molecule has 1 aromatic heterocycles. The minimum atomic E-state index is 0.402. The Morgan fingerprint density at radius 2 is 0.346 bits per heavy atom. The van der Waals surface area contributed by atoms with E-state index in [1.165, 1.54) is 501 Å². The van der Waals surface area contributed by atoms with Gasteiger partial charge in [-0.2, -0.15) is 15.0 Å². The van der Waals surface area contributed by atoms with Crippen LogP contribution in [0.15, 0.2) is 48.5 Å². The molecule has 0 atom stereocenters. The highest BCUT2D eigenvalue weighted by atomic mass is 16.5. The van der Waals surface area contributed by atoms with Gasteiger partial charge in [0, 0.05) is 41.2 Å². The summed E-state index contributed by atoms with van der Waals surface area (Å²) >= 11 is 0. The molecule has 0 saturated carbocycles. The molecule has 3 aromatic carbocycles. The zero-order valence-corrected chi connectivity index (χ0v) is 91.2. The van der Waals surface area contributed by atoms with Crippen LogP contribution in [0.2, 0.25) is 0 Å². The highest BCUT2D eigenvalue weighted by Gasteiger charge is 2.22. The van der Waals surface area contributed by atoms with Crippen molar-refractivity contribution in [3.8, 4) is 45.9 Å². The summed E-state index contributed by atoms with van der Waals surface area (Å²) in [6.07, 6.45) is 120. The minimum Gasteiger partial charge on any atom is -0.489 e. The molecule has 0 aliphatic heterocycles. The molecule has 0 saturated heterocycles. The molecule has 0 fully saturated rings. The number of rotatable bonds is 108. The van der Waals surface area contributed by atoms with Crippen molar-refractivity contribution < 1.29 is 28.4 Å². The van der Waals surface area contributed by atoms with E-state index in [1.54, 1.807) is 0 Å². The maximum absolute atomic E-state index is 7.03. The number of hydrogen-bond acceptors (Lipinski definition) is 11. The number of nitrogens with one attached hydrogen (secondary N) is 2. The standard InChI is InChI=1S/C125H224N5O6/c1-8-15-21-27-33-39-45-51-57-63-69-75-81-87-93-103-131-117-109-115(110-118(132-104-94-88-82-76-70-64-58-52-46-40-34-28-22-16-9-2)121(117)135-107-97-91-85-79-73-67-61-55-49-43-37-31-25-19-12-5)126-124-128-123(114-101-99-113(14-7)100-102-114)129-125(130-124)127-116-111-119(133-105-95-89-83-77-71-65-59-53-47-41-35-29-23-17-10-3)122(136-108-98-92-86-80-74-68-62-56-50-44-38-32-26-20-13-6)120(112-116)134-106-96-90-84-78-72-66-60-54-48-42-36-30-24-18-11-4/h99-102,109-112H,7-98,103-108H2,1-6H3,(H2,126,127,128,129,130). The summed E-state index contributed by atoms with van der Waals surface area (Å²) in [6, 6.07) is 16.9. The number of unbranched alkanes of at least 4 members (excludes halogenated alkanes) is 84. The lowest BCUT2D eigenvalue weighted by Gasteiger charge is -2.20. The van der Waals surface area contributed by atoms with E-state index < -0.39 is 0 Å². The maximum Gasteiger partial charge on any atom is 0.232 e. The van der Waals surface area contributed by atoms with Gasteiger partial charge in [0.05, 0.1) is 39.6 Å². The molecule has 0 unspecified atom stereocenters. The van der Waals surface area contributed by atoms with Crippen molar-refractivity contribution in [3.63, 3.8) is 0 Å². The second-order valence-electron chi connectivity index (χ2n) is 41.9. The average molecular weight is 1890 g/mol. The van der Waals surface area contributed by atoms with Crippen LogP contribution < -0.4 is 39.1 Å². The van der Waals surface area contributed by atoms with Crippen LogP contribution in [0.5, 0.6) is 34.5 Å². The Kier molecular flexibility index (Phi) is 87.3. The first-order chi connectivity index (χ1) is 67.5. The zero-order chi connectivity index (χ0) is 96.5.